The minimum atomic E-state index is -0.863. The lowest BCUT2D eigenvalue weighted by atomic mass is 9.94. The summed E-state index contributed by atoms with van der Waals surface area (Å²) in [6.45, 7) is 3.42. The average Bonchev–Trinajstić information content (AvgIpc) is 2.94. The van der Waals surface area contributed by atoms with Gasteiger partial charge in [0.25, 0.3) is 5.91 Å². The number of rotatable bonds is 11. The minimum Gasteiger partial charge on any atom is -0.497 e. The third-order valence-corrected chi connectivity index (χ3v) is 6.88. The number of para-hydroxylation sites is 2. The number of hydrogen-bond acceptors (Lipinski definition) is 6. The summed E-state index contributed by atoms with van der Waals surface area (Å²) in [5.41, 5.74) is 0.689. The van der Waals surface area contributed by atoms with Crippen LogP contribution in [0.3, 0.4) is 0 Å². The zero-order valence-electron chi connectivity index (χ0n) is 21.8. The van der Waals surface area contributed by atoms with E-state index in [1.54, 1.807) is 18.1 Å². The Balaban J connectivity index is 1.64. The van der Waals surface area contributed by atoms with Crippen molar-refractivity contribution in [2.75, 3.05) is 33.5 Å². The van der Waals surface area contributed by atoms with Gasteiger partial charge in [-0.25, -0.2) is 0 Å². The normalized spacial score (nSPS) is 18.1. The Labute approximate surface area is 219 Å². The summed E-state index contributed by atoms with van der Waals surface area (Å²) >= 11 is 0. The van der Waals surface area contributed by atoms with E-state index in [-0.39, 0.29) is 24.5 Å². The van der Waals surface area contributed by atoms with Crippen LogP contribution in [0.1, 0.15) is 57.1 Å². The molecule has 0 aromatic heterocycles. The van der Waals surface area contributed by atoms with E-state index in [1.165, 1.54) is 6.42 Å². The van der Waals surface area contributed by atoms with Gasteiger partial charge in [-0.05, 0) is 56.0 Å². The predicted octanol–water partition coefficient (Wildman–Crippen LogP) is 4.28. The molecular weight excluding hydrogens is 472 g/mol. The van der Waals surface area contributed by atoms with Crippen LogP contribution < -0.4 is 19.5 Å². The van der Waals surface area contributed by atoms with Gasteiger partial charge in [-0.3, -0.25) is 9.59 Å². The van der Waals surface area contributed by atoms with Crippen LogP contribution in [0.2, 0.25) is 0 Å². The van der Waals surface area contributed by atoms with E-state index in [9.17, 15) is 9.59 Å². The maximum Gasteiger partial charge on any atom is 0.268 e. The molecule has 8 heteroatoms. The van der Waals surface area contributed by atoms with Crippen molar-refractivity contribution in [2.24, 2.45) is 0 Å². The summed E-state index contributed by atoms with van der Waals surface area (Å²) in [6, 6.07) is 13.9. The molecule has 2 amide bonds. The number of carbonyl (C=O) groups is 2. The first-order chi connectivity index (χ1) is 18.1. The van der Waals surface area contributed by atoms with Crippen molar-refractivity contribution >= 4 is 11.8 Å². The number of nitrogens with zero attached hydrogens (tertiary/aromatic N) is 1. The number of carbonyl (C=O) groups excluding carboxylic acids is 2. The summed E-state index contributed by atoms with van der Waals surface area (Å²) in [4.78, 5) is 29.5. The van der Waals surface area contributed by atoms with Crippen LogP contribution in [-0.4, -0.2) is 62.3 Å². The quantitative estimate of drug-likeness (QED) is 0.454. The fourth-order valence-electron chi connectivity index (χ4n) is 4.99. The van der Waals surface area contributed by atoms with Gasteiger partial charge < -0.3 is 29.2 Å². The molecule has 0 spiro atoms. The maximum atomic E-state index is 14.0. The van der Waals surface area contributed by atoms with E-state index < -0.39 is 12.1 Å². The van der Waals surface area contributed by atoms with Gasteiger partial charge in [0.05, 0.1) is 7.11 Å². The van der Waals surface area contributed by atoms with E-state index in [0.29, 0.717) is 49.0 Å². The molecule has 2 aliphatic rings. The van der Waals surface area contributed by atoms with E-state index in [2.05, 4.69) is 5.32 Å². The molecule has 2 unspecified atom stereocenters. The highest BCUT2D eigenvalue weighted by Gasteiger charge is 2.38. The Hall–Kier alpha value is -3.26. The lowest BCUT2D eigenvalue weighted by molar-refractivity contribution is -0.149. The molecule has 0 bridgehead atoms. The fraction of sp³-hybridized carbons (Fsp3) is 0.517. The first-order valence-corrected chi connectivity index (χ1v) is 13.3. The first kappa shape index (κ1) is 26.8. The number of amides is 2. The second-order valence-corrected chi connectivity index (χ2v) is 9.47. The average molecular weight is 511 g/mol. The predicted molar refractivity (Wildman–Crippen MR) is 140 cm³/mol. The Kier molecular flexibility index (Phi) is 9.65. The molecule has 4 rings (SSSR count). The van der Waals surface area contributed by atoms with Gasteiger partial charge in [-0.1, -0.05) is 43.5 Å². The van der Waals surface area contributed by atoms with Crippen LogP contribution >= 0.6 is 0 Å². The van der Waals surface area contributed by atoms with Crippen molar-refractivity contribution in [2.45, 2.75) is 63.6 Å². The zero-order valence-corrected chi connectivity index (χ0v) is 21.8. The lowest BCUT2D eigenvalue weighted by Gasteiger charge is -2.36. The molecule has 1 aliphatic carbocycles. The lowest BCUT2D eigenvalue weighted by Crippen LogP contribution is -2.52. The van der Waals surface area contributed by atoms with Gasteiger partial charge in [0.1, 0.15) is 18.4 Å². The number of fused-ring (bicyclic) bond motifs is 1. The van der Waals surface area contributed by atoms with Gasteiger partial charge in [0.2, 0.25) is 12.0 Å². The largest absolute Gasteiger partial charge is 0.497 e. The van der Waals surface area contributed by atoms with Crippen LogP contribution in [-0.2, 0) is 14.3 Å². The SMILES string of the molecule is CCOCCCN(C(=O)C1COc2ccccc2O1)C(C(=O)NC1CCCCC1)c1cccc(OC)c1. The Morgan fingerprint density at radius 1 is 1.08 bits per heavy atom. The third kappa shape index (κ3) is 6.95. The van der Waals surface area contributed by atoms with Gasteiger partial charge in [0, 0.05) is 25.8 Å². The van der Waals surface area contributed by atoms with Crippen molar-refractivity contribution < 1.29 is 28.5 Å². The zero-order chi connectivity index (χ0) is 26.0. The van der Waals surface area contributed by atoms with Crippen LogP contribution in [0.15, 0.2) is 48.5 Å². The Bertz CT molecular complexity index is 1040. The highest BCUT2D eigenvalue weighted by Crippen LogP contribution is 2.33. The molecule has 1 saturated carbocycles. The van der Waals surface area contributed by atoms with Crippen LogP contribution in [0, 0.1) is 0 Å². The van der Waals surface area contributed by atoms with Crippen LogP contribution in [0.4, 0.5) is 0 Å². The molecule has 8 nitrogen and oxygen atoms in total. The first-order valence-electron chi connectivity index (χ1n) is 13.3. The van der Waals surface area contributed by atoms with Gasteiger partial charge in [-0.2, -0.15) is 0 Å². The molecule has 37 heavy (non-hydrogen) atoms. The van der Waals surface area contributed by atoms with Crippen LogP contribution in [0.25, 0.3) is 0 Å². The van der Waals surface area contributed by atoms with Gasteiger partial charge >= 0.3 is 0 Å². The summed E-state index contributed by atoms with van der Waals surface area (Å²) in [7, 11) is 1.59. The van der Waals surface area contributed by atoms with E-state index >= 15 is 0 Å². The molecule has 200 valence electrons. The summed E-state index contributed by atoms with van der Waals surface area (Å²) < 4.78 is 22.9. The number of hydrogen-bond donors (Lipinski definition) is 1. The molecule has 1 aliphatic heterocycles. The molecule has 1 fully saturated rings. The van der Waals surface area contributed by atoms with E-state index in [4.69, 9.17) is 18.9 Å². The molecule has 0 radical (unpaired) electrons. The third-order valence-electron chi connectivity index (χ3n) is 6.88. The van der Waals surface area contributed by atoms with Crippen molar-refractivity contribution in [3.63, 3.8) is 0 Å². The van der Waals surface area contributed by atoms with Gasteiger partial charge in [-0.15, -0.1) is 0 Å². The topological polar surface area (TPSA) is 86.3 Å². The number of benzene rings is 2. The van der Waals surface area contributed by atoms with Crippen molar-refractivity contribution in [1.82, 2.24) is 10.2 Å². The maximum absolute atomic E-state index is 14.0. The summed E-state index contributed by atoms with van der Waals surface area (Å²) in [5, 5.41) is 3.23. The van der Waals surface area contributed by atoms with Crippen molar-refractivity contribution in [1.29, 1.82) is 0 Å². The summed E-state index contributed by atoms with van der Waals surface area (Å²) in [6.07, 6.45) is 5.00. The highest BCUT2D eigenvalue weighted by molar-refractivity contribution is 5.91. The molecule has 0 saturated heterocycles. The second kappa shape index (κ2) is 13.3. The highest BCUT2D eigenvalue weighted by atomic mass is 16.6. The van der Waals surface area contributed by atoms with E-state index in [0.717, 1.165) is 25.7 Å². The summed E-state index contributed by atoms with van der Waals surface area (Å²) in [5.74, 6) is 1.26. The number of nitrogens with one attached hydrogen (secondary N) is 1. The standard InChI is InChI=1S/C29H38N2O6/c1-3-35-18-10-17-31(29(33)26-20-36-24-15-7-8-16-25(24)37-26)27(21-11-9-14-23(19-21)34-2)28(32)30-22-12-5-4-6-13-22/h7-9,11,14-16,19,22,26-27H,3-6,10,12-13,17-18,20H2,1-2H3,(H,30,32). The molecule has 2 atom stereocenters. The Morgan fingerprint density at radius 3 is 2.62 bits per heavy atom. The minimum absolute atomic E-state index is 0.0763. The Morgan fingerprint density at radius 2 is 1.86 bits per heavy atom. The van der Waals surface area contributed by atoms with Crippen LogP contribution in [0.5, 0.6) is 17.2 Å². The molecule has 1 N–H and O–H groups in total. The van der Waals surface area contributed by atoms with E-state index in [1.807, 2.05) is 49.4 Å². The fourth-order valence-corrected chi connectivity index (χ4v) is 4.99. The van der Waals surface area contributed by atoms with Gasteiger partial charge in [0.15, 0.2) is 11.5 Å². The number of methoxy groups -OCH3 is 1. The second-order valence-electron chi connectivity index (χ2n) is 9.47. The van der Waals surface area contributed by atoms with Crippen molar-refractivity contribution in [3.05, 3.63) is 54.1 Å². The molecule has 1 heterocycles. The molecule has 2 aromatic rings. The molecule has 2 aromatic carbocycles. The monoisotopic (exact) mass is 510 g/mol. The number of ether oxygens (including phenoxy) is 4. The molecular formula is C29H38N2O6. The van der Waals surface area contributed by atoms with Crippen molar-refractivity contribution in [3.8, 4) is 17.2 Å². The smallest absolute Gasteiger partial charge is 0.268 e.